The first-order valence-corrected chi connectivity index (χ1v) is 6.18. The molecule has 0 saturated heterocycles. The van der Waals surface area contributed by atoms with Gasteiger partial charge in [-0.3, -0.25) is 9.89 Å². The molecule has 18 heavy (non-hydrogen) atoms. The lowest BCUT2D eigenvalue weighted by Gasteiger charge is -2.27. The predicted molar refractivity (Wildman–Crippen MR) is 68.3 cm³/mol. The summed E-state index contributed by atoms with van der Waals surface area (Å²) >= 11 is 0. The number of carbonyl (C=O) groups is 1. The maximum atomic E-state index is 12.2. The van der Waals surface area contributed by atoms with Gasteiger partial charge in [-0.15, -0.1) is 5.10 Å². The normalized spacial score (nSPS) is 11.9. The van der Waals surface area contributed by atoms with Crippen LogP contribution in [0.1, 0.15) is 57.0 Å². The zero-order valence-corrected chi connectivity index (χ0v) is 11.7. The molecule has 0 radical (unpaired) electrons. The first-order chi connectivity index (χ1) is 8.24. The largest absolute Gasteiger partial charge is 0.389 e. The molecular formula is C12H22N4O2. The maximum Gasteiger partial charge on any atom is 0.293 e. The summed E-state index contributed by atoms with van der Waals surface area (Å²) in [5.41, 5.74) is -0.928. The number of aromatic nitrogens is 3. The van der Waals surface area contributed by atoms with Crippen LogP contribution < -0.4 is 0 Å². The van der Waals surface area contributed by atoms with E-state index in [0.717, 1.165) is 0 Å². The van der Waals surface area contributed by atoms with Crippen molar-refractivity contribution in [2.75, 3.05) is 13.1 Å². The van der Waals surface area contributed by atoms with Crippen LogP contribution in [0.3, 0.4) is 0 Å². The maximum absolute atomic E-state index is 12.2. The Morgan fingerprint density at radius 1 is 1.50 bits per heavy atom. The highest BCUT2D eigenvalue weighted by atomic mass is 16.3. The lowest BCUT2D eigenvalue weighted by atomic mass is 10.1. The number of amides is 1. The Labute approximate surface area is 107 Å². The zero-order chi connectivity index (χ0) is 13.9. The SMILES string of the molecule is CCN(CC(C)(C)O)C(=O)c1n[nH]c(C(C)C)n1. The lowest BCUT2D eigenvalue weighted by molar-refractivity contribution is 0.0308. The Hall–Kier alpha value is -1.43. The van der Waals surface area contributed by atoms with Crippen LogP contribution in [0.5, 0.6) is 0 Å². The summed E-state index contributed by atoms with van der Waals surface area (Å²) in [6.07, 6.45) is 0. The molecule has 6 nitrogen and oxygen atoms in total. The van der Waals surface area contributed by atoms with Crippen molar-refractivity contribution in [3.05, 3.63) is 11.6 Å². The highest BCUT2D eigenvalue weighted by Crippen LogP contribution is 2.11. The van der Waals surface area contributed by atoms with E-state index < -0.39 is 5.60 Å². The lowest BCUT2D eigenvalue weighted by Crippen LogP contribution is -2.42. The van der Waals surface area contributed by atoms with Crippen LogP contribution >= 0.6 is 0 Å². The van der Waals surface area contributed by atoms with Crippen molar-refractivity contribution in [1.82, 2.24) is 20.1 Å². The number of nitrogens with zero attached hydrogens (tertiary/aromatic N) is 3. The van der Waals surface area contributed by atoms with Gasteiger partial charge >= 0.3 is 0 Å². The minimum absolute atomic E-state index is 0.157. The molecule has 0 unspecified atom stereocenters. The van der Waals surface area contributed by atoms with Crippen molar-refractivity contribution in [3.63, 3.8) is 0 Å². The number of carbonyl (C=O) groups excluding carboxylic acids is 1. The van der Waals surface area contributed by atoms with E-state index in [1.807, 2.05) is 20.8 Å². The Morgan fingerprint density at radius 2 is 2.11 bits per heavy atom. The number of aliphatic hydroxyl groups is 1. The molecule has 1 heterocycles. The van der Waals surface area contributed by atoms with Gasteiger partial charge in [-0.1, -0.05) is 13.8 Å². The molecule has 0 aliphatic rings. The Morgan fingerprint density at radius 3 is 2.50 bits per heavy atom. The molecular weight excluding hydrogens is 232 g/mol. The second kappa shape index (κ2) is 5.48. The first kappa shape index (κ1) is 14.6. The summed E-state index contributed by atoms with van der Waals surface area (Å²) in [7, 11) is 0. The fourth-order valence-corrected chi connectivity index (χ4v) is 1.56. The smallest absolute Gasteiger partial charge is 0.293 e. The molecule has 0 bridgehead atoms. The van der Waals surface area contributed by atoms with Gasteiger partial charge in [0.05, 0.1) is 5.60 Å². The summed E-state index contributed by atoms with van der Waals surface area (Å²) in [4.78, 5) is 17.9. The molecule has 1 aromatic rings. The Balaban J connectivity index is 2.83. The van der Waals surface area contributed by atoms with Gasteiger partial charge in [-0.2, -0.15) is 0 Å². The summed E-state index contributed by atoms with van der Waals surface area (Å²) in [5, 5.41) is 16.4. The second-order valence-corrected chi connectivity index (χ2v) is 5.33. The summed E-state index contributed by atoms with van der Waals surface area (Å²) < 4.78 is 0. The molecule has 0 aliphatic carbocycles. The summed E-state index contributed by atoms with van der Waals surface area (Å²) in [6, 6.07) is 0. The van der Waals surface area contributed by atoms with Gasteiger partial charge in [0.1, 0.15) is 5.82 Å². The van der Waals surface area contributed by atoms with Gasteiger partial charge in [0.2, 0.25) is 5.82 Å². The minimum atomic E-state index is -0.928. The molecule has 1 amide bonds. The number of likely N-dealkylation sites (N-methyl/N-ethyl adjacent to an activating group) is 1. The quantitative estimate of drug-likeness (QED) is 0.826. The van der Waals surface area contributed by atoms with Crippen LogP contribution in [0.15, 0.2) is 0 Å². The van der Waals surface area contributed by atoms with E-state index in [0.29, 0.717) is 12.4 Å². The number of aromatic amines is 1. The Kier molecular flexibility index (Phi) is 4.45. The van der Waals surface area contributed by atoms with Crippen molar-refractivity contribution >= 4 is 5.91 Å². The molecule has 1 aromatic heterocycles. The molecule has 1 rings (SSSR count). The first-order valence-electron chi connectivity index (χ1n) is 6.18. The number of nitrogens with one attached hydrogen (secondary N) is 1. The summed E-state index contributed by atoms with van der Waals surface area (Å²) in [6.45, 7) is 9.91. The van der Waals surface area contributed by atoms with Crippen LogP contribution in [0.25, 0.3) is 0 Å². The van der Waals surface area contributed by atoms with E-state index in [1.54, 1.807) is 13.8 Å². The van der Waals surface area contributed by atoms with Gasteiger partial charge in [0, 0.05) is 19.0 Å². The van der Waals surface area contributed by atoms with E-state index in [2.05, 4.69) is 15.2 Å². The van der Waals surface area contributed by atoms with Crippen molar-refractivity contribution in [1.29, 1.82) is 0 Å². The third kappa shape index (κ3) is 3.80. The van der Waals surface area contributed by atoms with Crippen LogP contribution in [0.4, 0.5) is 0 Å². The molecule has 0 saturated carbocycles. The van der Waals surface area contributed by atoms with Crippen molar-refractivity contribution in [3.8, 4) is 0 Å². The minimum Gasteiger partial charge on any atom is -0.389 e. The van der Waals surface area contributed by atoms with E-state index in [4.69, 9.17) is 0 Å². The highest BCUT2D eigenvalue weighted by molar-refractivity contribution is 5.90. The van der Waals surface area contributed by atoms with E-state index in [-0.39, 0.29) is 24.2 Å². The fourth-order valence-electron chi connectivity index (χ4n) is 1.56. The topological polar surface area (TPSA) is 82.1 Å². The fraction of sp³-hybridized carbons (Fsp3) is 0.750. The van der Waals surface area contributed by atoms with Crippen LogP contribution in [0.2, 0.25) is 0 Å². The zero-order valence-electron chi connectivity index (χ0n) is 11.7. The van der Waals surface area contributed by atoms with E-state index in [1.165, 1.54) is 4.90 Å². The Bertz CT molecular complexity index is 406. The summed E-state index contributed by atoms with van der Waals surface area (Å²) in [5.74, 6) is 0.786. The van der Waals surface area contributed by atoms with E-state index >= 15 is 0 Å². The number of hydrogen-bond acceptors (Lipinski definition) is 4. The molecule has 6 heteroatoms. The molecule has 0 aliphatic heterocycles. The molecule has 0 atom stereocenters. The number of hydrogen-bond donors (Lipinski definition) is 2. The average Bonchev–Trinajstić information content (AvgIpc) is 2.72. The van der Waals surface area contributed by atoms with Gasteiger partial charge in [0.15, 0.2) is 0 Å². The van der Waals surface area contributed by atoms with Crippen molar-refractivity contribution in [2.24, 2.45) is 0 Å². The third-order valence-electron chi connectivity index (χ3n) is 2.49. The average molecular weight is 254 g/mol. The van der Waals surface area contributed by atoms with Crippen LogP contribution in [0, 0.1) is 0 Å². The molecule has 0 fully saturated rings. The van der Waals surface area contributed by atoms with Gasteiger partial charge in [-0.05, 0) is 20.8 Å². The molecule has 102 valence electrons. The molecule has 0 spiro atoms. The molecule has 0 aromatic carbocycles. The van der Waals surface area contributed by atoms with Gasteiger partial charge in [0.25, 0.3) is 5.91 Å². The van der Waals surface area contributed by atoms with E-state index in [9.17, 15) is 9.90 Å². The standard InChI is InChI=1S/C12H22N4O2/c1-6-16(7-12(4,5)18)11(17)10-13-9(8(2)3)14-15-10/h8,18H,6-7H2,1-5H3,(H,13,14,15). The molecule has 2 N–H and O–H groups in total. The number of rotatable bonds is 5. The van der Waals surface area contributed by atoms with Crippen molar-refractivity contribution < 1.29 is 9.90 Å². The van der Waals surface area contributed by atoms with Crippen LogP contribution in [-0.2, 0) is 0 Å². The second-order valence-electron chi connectivity index (χ2n) is 5.33. The highest BCUT2D eigenvalue weighted by Gasteiger charge is 2.25. The predicted octanol–water partition coefficient (Wildman–Crippen LogP) is 1.16. The third-order valence-corrected chi connectivity index (χ3v) is 2.49. The van der Waals surface area contributed by atoms with Crippen LogP contribution in [-0.4, -0.2) is 49.8 Å². The van der Waals surface area contributed by atoms with Gasteiger partial charge in [-0.25, -0.2) is 4.98 Å². The number of H-pyrrole nitrogens is 1. The van der Waals surface area contributed by atoms with Gasteiger partial charge < -0.3 is 10.0 Å². The van der Waals surface area contributed by atoms with Crippen molar-refractivity contribution in [2.45, 2.75) is 46.1 Å². The monoisotopic (exact) mass is 254 g/mol.